The summed E-state index contributed by atoms with van der Waals surface area (Å²) in [7, 11) is 0. The Morgan fingerprint density at radius 1 is 0.731 bits per heavy atom. The van der Waals surface area contributed by atoms with Crippen molar-refractivity contribution in [1.29, 1.82) is 0 Å². The lowest BCUT2D eigenvalue weighted by Gasteiger charge is -2.10. The summed E-state index contributed by atoms with van der Waals surface area (Å²) in [4.78, 5) is 14.7. The van der Waals surface area contributed by atoms with Gasteiger partial charge in [-0.2, -0.15) is 0 Å². The van der Waals surface area contributed by atoms with Gasteiger partial charge in [0.15, 0.2) is 0 Å². The van der Waals surface area contributed by atoms with E-state index in [4.69, 9.17) is 4.74 Å². The molecule has 0 aliphatic rings. The maximum atomic E-state index is 6.00. The molecule has 4 nitrogen and oxygen atoms in total. The summed E-state index contributed by atoms with van der Waals surface area (Å²) in [6, 6.07) is 21.9. The van der Waals surface area contributed by atoms with Gasteiger partial charge in [-0.05, 0) is 42.0 Å². The van der Waals surface area contributed by atoms with E-state index < -0.39 is 0 Å². The number of aromatic nitrogens is 3. The average Bonchev–Trinajstić information content (AvgIpc) is 2.71. The number of benzene rings is 2. The van der Waals surface area contributed by atoms with Crippen molar-refractivity contribution in [2.24, 2.45) is 0 Å². The van der Waals surface area contributed by atoms with Crippen molar-refractivity contribution < 1.29 is 4.74 Å². The smallest absolute Gasteiger partial charge is 0.230 e. The van der Waals surface area contributed by atoms with E-state index in [-0.39, 0.29) is 0 Å². The number of ether oxygens (including phenoxy) is 1. The summed E-state index contributed by atoms with van der Waals surface area (Å²) in [5.41, 5.74) is 1.89. The van der Waals surface area contributed by atoms with Crippen LogP contribution in [0.2, 0.25) is 0 Å². The van der Waals surface area contributed by atoms with Crippen molar-refractivity contribution >= 4 is 11.8 Å². The summed E-state index contributed by atoms with van der Waals surface area (Å²) in [5.74, 6) is 1.28. The van der Waals surface area contributed by atoms with Crippen molar-refractivity contribution in [2.45, 2.75) is 9.79 Å². The van der Waals surface area contributed by atoms with E-state index in [1.165, 1.54) is 6.33 Å². The largest absolute Gasteiger partial charge is 0.438 e. The van der Waals surface area contributed by atoms with E-state index in [0.29, 0.717) is 5.88 Å². The van der Waals surface area contributed by atoms with Gasteiger partial charge >= 0.3 is 0 Å². The highest BCUT2D eigenvalue weighted by Gasteiger charge is 2.09. The highest BCUT2D eigenvalue weighted by Crippen LogP contribution is 2.32. The van der Waals surface area contributed by atoms with Crippen molar-refractivity contribution in [3.63, 3.8) is 0 Å². The molecular weight excluding hydrogens is 342 g/mol. The molecule has 0 amide bonds. The third kappa shape index (κ3) is 3.90. The van der Waals surface area contributed by atoms with Crippen LogP contribution < -0.4 is 4.74 Å². The molecule has 0 saturated carbocycles. The summed E-state index contributed by atoms with van der Waals surface area (Å²) in [6.45, 7) is 0. The third-order valence-corrected chi connectivity index (χ3v) is 4.70. The summed E-state index contributed by atoms with van der Waals surface area (Å²) < 4.78 is 6.00. The zero-order valence-electron chi connectivity index (χ0n) is 13.8. The molecule has 0 atom stereocenters. The van der Waals surface area contributed by atoms with E-state index in [1.54, 1.807) is 30.4 Å². The van der Waals surface area contributed by atoms with E-state index in [9.17, 15) is 0 Å². The van der Waals surface area contributed by atoms with Crippen LogP contribution in [-0.4, -0.2) is 15.0 Å². The number of pyridine rings is 1. The molecule has 0 spiro atoms. The van der Waals surface area contributed by atoms with Gasteiger partial charge in [0.05, 0.1) is 5.56 Å². The SMILES string of the molecule is c1ccc(-c2cncnc2Oc2ccc(Sc3ccncc3)cc2)cc1. The van der Waals surface area contributed by atoms with Gasteiger partial charge in [0.25, 0.3) is 0 Å². The molecule has 2 aromatic heterocycles. The molecule has 2 aromatic carbocycles. The second kappa shape index (κ2) is 7.80. The molecule has 0 N–H and O–H groups in total. The van der Waals surface area contributed by atoms with Crippen LogP contribution in [0.25, 0.3) is 11.1 Å². The van der Waals surface area contributed by atoms with Crippen LogP contribution in [0.1, 0.15) is 0 Å². The van der Waals surface area contributed by atoms with Gasteiger partial charge < -0.3 is 4.74 Å². The Hall–Kier alpha value is -3.18. The highest BCUT2D eigenvalue weighted by atomic mass is 32.2. The van der Waals surface area contributed by atoms with Gasteiger partial charge in [-0.15, -0.1) is 0 Å². The van der Waals surface area contributed by atoms with Gasteiger partial charge in [-0.25, -0.2) is 9.97 Å². The second-order valence-electron chi connectivity index (χ2n) is 5.47. The molecule has 26 heavy (non-hydrogen) atoms. The molecule has 2 heterocycles. The summed E-state index contributed by atoms with van der Waals surface area (Å²) in [6.07, 6.45) is 6.85. The minimum absolute atomic E-state index is 0.542. The fourth-order valence-corrected chi connectivity index (χ4v) is 3.25. The van der Waals surface area contributed by atoms with Crippen LogP contribution in [0.15, 0.2) is 101 Å². The van der Waals surface area contributed by atoms with Gasteiger partial charge in [-0.1, -0.05) is 42.1 Å². The second-order valence-corrected chi connectivity index (χ2v) is 6.61. The molecule has 0 saturated heterocycles. The molecule has 0 radical (unpaired) electrons. The lowest BCUT2D eigenvalue weighted by Crippen LogP contribution is -1.92. The Morgan fingerprint density at radius 3 is 2.23 bits per heavy atom. The first-order chi connectivity index (χ1) is 12.9. The predicted molar refractivity (Wildman–Crippen MR) is 102 cm³/mol. The van der Waals surface area contributed by atoms with Crippen LogP contribution in [0.4, 0.5) is 0 Å². The first-order valence-electron chi connectivity index (χ1n) is 8.10. The topological polar surface area (TPSA) is 47.9 Å². The van der Waals surface area contributed by atoms with Crippen LogP contribution in [0, 0.1) is 0 Å². The molecule has 0 unspecified atom stereocenters. The molecule has 4 rings (SSSR count). The van der Waals surface area contributed by atoms with Crippen molar-refractivity contribution in [3.8, 4) is 22.8 Å². The fourth-order valence-electron chi connectivity index (χ4n) is 2.45. The Balaban J connectivity index is 1.53. The maximum absolute atomic E-state index is 6.00. The van der Waals surface area contributed by atoms with Gasteiger partial charge in [-0.3, -0.25) is 4.98 Å². The van der Waals surface area contributed by atoms with E-state index in [0.717, 1.165) is 26.7 Å². The molecule has 0 aliphatic carbocycles. The Kier molecular flexibility index (Phi) is 4.89. The summed E-state index contributed by atoms with van der Waals surface area (Å²) in [5, 5.41) is 0. The average molecular weight is 357 g/mol. The normalized spacial score (nSPS) is 10.5. The zero-order valence-corrected chi connectivity index (χ0v) is 14.6. The van der Waals surface area contributed by atoms with Gasteiger partial charge in [0, 0.05) is 28.4 Å². The van der Waals surface area contributed by atoms with Crippen molar-refractivity contribution in [3.05, 3.63) is 91.6 Å². The van der Waals surface area contributed by atoms with Crippen molar-refractivity contribution in [2.75, 3.05) is 0 Å². The molecule has 5 heteroatoms. The zero-order chi connectivity index (χ0) is 17.6. The molecule has 0 aliphatic heterocycles. The van der Waals surface area contributed by atoms with Crippen LogP contribution in [-0.2, 0) is 0 Å². The number of nitrogens with zero attached hydrogens (tertiary/aromatic N) is 3. The number of hydrogen-bond acceptors (Lipinski definition) is 5. The number of hydrogen-bond donors (Lipinski definition) is 0. The highest BCUT2D eigenvalue weighted by molar-refractivity contribution is 7.99. The van der Waals surface area contributed by atoms with E-state index in [1.807, 2.05) is 66.7 Å². The van der Waals surface area contributed by atoms with Crippen LogP contribution in [0.3, 0.4) is 0 Å². The van der Waals surface area contributed by atoms with Crippen molar-refractivity contribution in [1.82, 2.24) is 15.0 Å². The lowest BCUT2D eigenvalue weighted by atomic mass is 10.1. The first-order valence-corrected chi connectivity index (χ1v) is 8.91. The minimum atomic E-state index is 0.542. The van der Waals surface area contributed by atoms with Gasteiger partial charge in [0.2, 0.25) is 5.88 Å². The molecule has 4 aromatic rings. The number of rotatable bonds is 5. The molecule has 0 fully saturated rings. The Bertz CT molecular complexity index is 977. The Labute approximate surface area is 155 Å². The summed E-state index contributed by atoms with van der Waals surface area (Å²) >= 11 is 1.68. The third-order valence-electron chi connectivity index (χ3n) is 3.68. The standard InChI is InChI=1S/C21H15N3OS/c1-2-4-16(5-3-1)20-14-23-15-24-21(20)25-17-6-8-18(9-7-17)26-19-10-12-22-13-11-19/h1-15H. The van der Waals surface area contributed by atoms with Crippen LogP contribution >= 0.6 is 11.8 Å². The lowest BCUT2D eigenvalue weighted by molar-refractivity contribution is 0.463. The first kappa shape index (κ1) is 16.3. The van der Waals surface area contributed by atoms with E-state index >= 15 is 0 Å². The predicted octanol–water partition coefficient (Wildman–Crippen LogP) is 5.48. The maximum Gasteiger partial charge on any atom is 0.230 e. The fraction of sp³-hybridized carbons (Fsp3) is 0. The minimum Gasteiger partial charge on any atom is -0.438 e. The quantitative estimate of drug-likeness (QED) is 0.473. The Morgan fingerprint density at radius 2 is 1.46 bits per heavy atom. The monoisotopic (exact) mass is 357 g/mol. The van der Waals surface area contributed by atoms with E-state index in [2.05, 4.69) is 15.0 Å². The molecule has 126 valence electrons. The molecular formula is C21H15N3OS. The van der Waals surface area contributed by atoms with Crippen LogP contribution in [0.5, 0.6) is 11.6 Å². The molecule has 0 bridgehead atoms. The van der Waals surface area contributed by atoms with Gasteiger partial charge in [0.1, 0.15) is 12.1 Å².